The van der Waals surface area contributed by atoms with Crippen LogP contribution < -0.4 is 14.9 Å². The number of benzene rings is 2. The summed E-state index contributed by atoms with van der Waals surface area (Å²) in [7, 11) is -1.18. The third-order valence-electron chi connectivity index (χ3n) is 10.1. The van der Waals surface area contributed by atoms with Gasteiger partial charge in [0.25, 0.3) is 0 Å². The first kappa shape index (κ1) is 38.5. The second-order valence-electron chi connectivity index (χ2n) is 15.2. The molecule has 54 heavy (non-hydrogen) atoms. The van der Waals surface area contributed by atoms with E-state index in [-0.39, 0.29) is 51.1 Å². The van der Waals surface area contributed by atoms with Crippen molar-refractivity contribution in [1.29, 1.82) is 0 Å². The number of imidazole rings is 1. The fourth-order valence-electron chi connectivity index (χ4n) is 7.26. The van der Waals surface area contributed by atoms with E-state index < -0.39 is 22.6 Å². The largest absolute Gasteiger partial charge is 0.376 e. The summed E-state index contributed by atoms with van der Waals surface area (Å²) in [6.45, 7) is 16.0. The maximum Gasteiger partial charge on any atom is 0.227 e. The summed E-state index contributed by atoms with van der Waals surface area (Å²) < 4.78 is 54.4. The Morgan fingerprint density at radius 3 is 2.50 bits per heavy atom. The topological polar surface area (TPSA) is 123 Å². The minimum absolute atomic E-state index is 0.0150. The fraction of sp³-hybridized carbons (Fsp3) is 0.447. The number of rotatable bonds is 9. The van der Waals surface area contributed by atoms with E-state index in [0.29, 0.717) is 33.7 Å². The number of halogens is 3. The number of ether oxygens (including phenoxy) is 1. The first-order valence-electron chi connectivity index (χ1n) is 17.9. The van der Waals surface area contributed by atoms with Crippen LogP contribution >= 0.6 is 23.4 Å². The van der Waals surface area contributed by atoms with Crippen molar-refractivity contribution in [3.8, 4) is 11.3 Å². The zero-order valence-corrected chi connectivity index (χ0v) is 33.7. The van der Waals surface area contributed by atoms with Gasteiger partial charge in [-0.05, 0) is 85.6 Å². The molecule has 0 radical (unpaired) electrons. The predicted octanol–water partition coefficient (Wildman–Crippen LogP) is 8.42. The van der Waals surface area contributed by atoms with Crippen LogP contribution in [0.25, 0.3) is 22.3 Å². The van der Waals surface area contributed by atoms with E-state index in [1.165, 1.54) is 17.8 Å². The number of hydrogen-bond acceptors (Lipinski definition) is 10. The van der Waals surface area contributed by atoms with Crippen LogP contribution in [0.2, 0.25) is 5.02 Å². The average Bonchev–Trinajstić information content (AvgIpc) is 3.63. The van der Waals surface area contributed by atoms with Crippen molar-refractivity contribution in [1.82, 2.24) is 34.2 Å². The smallest absolute Gasteiger partial charge is 0.227 e. The van der Waals surface area contributed by atoms with Gasteiger partial charge in [0.2, 0.25) is 5.95 Å². The van der Waals surface area contributed by atoms with Crippen molar-refractivity contribution < 1.29 is 17.7 Å². The van der Waals surface area contributed by atoms with E-state index in [4.69, 9.17) is 21.3 Å². The Hall–Kier alpha value is -3.76. The SMILES string of the molecule is Cc1nc2c(F)cc(-c3nc(Nc4cccc(Sc5cnc(N6CCC7(CC6)CO[C@@H](C)[C@H]7N[S@@](=O)C(C)(C)C)cn5)c4Cl)ncc3F)cc2n1C(C)C. The Labute approximate surface area is 325 Å². The summed E-state index contributed by atoms with van der Waals surface area (Å²) in [6, 6.07) is 8.45. The summed E-state index contributed by atoms with van der Waals surface area (Å²) in [5.41, 5.74) is 1.42. The summed E-state index contributed by atoms with van der Waals surface area (Å²) in [4.78, 5) is 25.3. The molecular formula is C38H44ClF2N9O2S2. The summed E-state index contributed by atoms with van der Waals surface area (Å²) in [5.74, 6) is 0.306. The van der Waals surface area contributed by atoms with Crippen molar-refractivity contribution in [2.75, 3.05) is 29.9 Å². The highest BCUT2D eigenvalue weighted by molar-refractivity contribution is 7.99. The number of hydrogen-bond donors (Lipinski definition) is 2. The molecule has 16 heteroatoms. The summed E-state index contributed by atoms with van der Waals surface area (Å²) >= 11 is 8.22. The maximum absolute atomic E-state index is 15.2. The standard InChI is InChI=1S/C38H44ClF2N9O2S2/c1-21(2)50-23(4)45-34-25(40)15-24(16-28(34)50)33-26(41)17-44-36(47-33)46-27-9-8-10-29(32(27)39)53-31-19-42-30(18-43-31)49-13-11-38(12-14-49)20-52-22(3)35(38)48-54(51)37(5,6)7/h8-10,15-19,21-22,35,48H,11-14,20H2,1-7H3,(H,44,46,47)/t22-,35+,54-/m0/s1. The molecule has 1 spiro atoms. The van der Waals surface area contributed by atoms with Crippen LogP contribution in [0.4, 0.5) is 26.2 Å². The molecule has 11 nitrogen and oxygen atoms in total. The molecule has 3 aromatic heterocycles. The molecule has 2 aliphatic rings. The lowest BCUT2D eigenvalue weighted by Gasteiger charge is -2.43. The van der Waals surface area contributed by atoms with Crippen LogP contribution in [0.1, 0.15) is 66.3 Å². The third kappa shape index (κ3) is 7.57. The molecule has 2 saturated heterocycles. The molecule has 0 amide bonds. The van der Waals surface area contributed by atoms with Gasteiger partial charge in [-0.25, -0.2) is 42.6 Å². The van der Waals surface area contributed by atoms with Gasteiger partial charge < -0.3 is 19.5 Å². The molecule has 2 N–H and O–H groups in total. The van der Waals surface area contributed by atoms with Gasteiger partial charge in [0.1, 0.15) is 27.9 Å². The lowest BCUT2D eigenvalue weighted by atomic mass is 9.73. The number of nitrogens with zero attached hydrogens (tertiary/aromatic N) is 7. The lowest BCUT2D eigenvalue weighted by Crippen LogP contribution is -2.55. The Morgan fingerprint density at radius 2 is 1.81 bits per heavy atom. The number of aromatic nitrogens is 6. The second-order valence-corrected chi connectivity index (χ2v) is 18.7. The molecule has 3 atom stereocenters. The summed E-state index contributed by atoms with van der Waals surface area (Å²) in [6.07, 6.45) is 6.32. The van der Waals surface area contributed by atoms with Crippen LogP contribution in [-0.4, -0.2) is 70.3 Å². The first-order valence-corrected chi connectivity index (χ1v) is 20.3. The van der Waals surface area contributed by atoms with Crippen molar-refractivity contribution in [2.45, 2.75) is 94.2 Å². The van der Waals surface area contributed by atoms with Gasteiger partial charge in [0, 0.05) is 35.0 Å². The molecule has 0 aliphatic carbocycles. The molecule has 7 rings (SSSR count). The van der Waals surface area contributed by atoms with Crippen LogP contribution in [0.5, 0.6) is 0 Å². The first-order chi connectivity index (χ1) is 25.6. The Kier molecular flexibility index (Phi) is 10.7. The van der Waals surface area contributed by atoms with Gasteiger partial charge in [-0.15, -0.1) is 0 Å². The molecule has 5 heterocycles. The quantitative estimate of drug-likeness (QED) is 0.150. The van der Waals surface area contributed by atoms with Gasteiger partial charge in [0.05, 0.1) is 69.3 Å². The minimum atomic E-state index is -1.18. The molecule has 5 aromatic rings. The monoisotopic (exact) mass is 795 g/mol. The predicted molar refractivity (Wildman–Crippen MR) is 211 cm³/mol. The molecule has 0 bridgehead atoms. The molecule has 2 fully saturated rings. The Morgan fingerprint density at radius 1 is 1.06 bits per heavy atom. The third-order valence-corrected chi connectivity index (χ3v) is 13.2. The van der Waals surface area contributed by atoms with E-state index in [1.807, 2.05) is 58.2 Å². The maximum atomic E-state index is 15.2. The Balaban J connectivity index is 1.03. The number of anilines is 3. The molecule has 286 valence electrons. The van der Waals surface area contributed by atoms with Crippen LogP contribution in [0, 0.1) is 24.0 Å². The molecule has 0 unspecified atom stereocenters. The van der Waals surface area contributed by atoms with E-state index >= 15 is 8.78 Å². The van der Waals surface area contributed by atoms with Crippen molar-refractivity contribution in [3.63, 3.8) is 0 Å². The zero-order chi connectivity index (χ0) is 38.5. The van der Waals surface area contributed by atoms with Crippen molar-refractivity contribution >= 4 is 62.8 Å². The number of aryl methyl sites for hydroxylation is 1. The van der Waals surface area contributed by atoms with E-state index in [1.54, 1.807) is 24.5 Å². The fourth-order valence-corrected chi connectivity index (χ4v) is 9.36. The molecule has 2 aromatic carbocycles. The van der Waals surface area contributed by atoms with Gasteiger partial charge in [-0.1, -0.05) is 29.4 Å². The number of piperidine rings is 1. The highest BCUT2D eigenvalue weighted by atomic mass is 35.5. The van der Waals surface area contributed by atoms with Crippen LogP contribution in [0.3, 0.4) is 0 Å². The molecule has 0 saturated carbocycles. The average molecular weight is 796 g/mol. The zero-order valence-electron chi connectivity index (χ0n) is 31.3. The normalized spacial score (nSPS) is 19.3. The van der Waals surface area contributed by atoms with Crippen LogP contribution in [-0.2, 0) is 15.7 Å². The highest BCUT2D eigenvalue weighted by Gasteiger charge is 2.50. The van der Waals surface area contributed by atoms with Gasteiger partial charge in [0.15, 0.2) is 11.6 Å². The lowest BCUT2D eigenvalue weighted by molar-refractivity contribution is 0.0973. The highest BCUT2D eigenvalue weighted by Crippen LogP contribution is 2.44. The van der Waals surface area contributed by atoms with Crippen molar-refractivity contribution in [2.24, 2.45) is 5.41 Å². The number of nitrogens with one attached hydrogen (secondary N) is 2. The van der Waals surface area contributed by atoms with E-state index in [0.717, 1.165) is 42.8 Å². The van der Waals surface area contributed by atoms with E-state index in [9.17, 15) is 4.21 Å². The number of fused-ring (bicyclic) bond motifs is 1. The van der Waals surface area contributed by atoms with Gasteiger partial charge >= 0.3 is 0 Å². The van der Waals surface area contributed by atoms with Crippen molar-refractivity contribution in [3.05, 3.63) is 71.4 Å². The van der Waals surface area contributed by atoms with E-state index in [2.05, 4.69) is 41.8 Å². The second kappa shape index (κ2) is 15.1. The van der Waals surface area contributed by atoms with Gasteiger partial charge in [-0.3, -0.25) is 0 Å². The molecule has 2 aliphatic heterocycles. The molecular weight excluding hydrogens is 752 g/mol. The Bertz CT molecular complexity index is 2210. The van der Waals surface area contributed by atoms with Crippen LogP contribution in [0.15, 0.2) is 58.8 Å². The summed E-state index contributed by atoms with van der Waals surface area (Å²) in [5, 5.41) is 4.16. The van der Waals surface area contributed by atoms with Gasteiger partial charge in [-0.2, -0.15) is 0 Å². The minimum Gasteiger partial charge on any atom is -0.376 e.